The summed E-state index contributed by atoms with van der Waals surface area (Å²) in [7, 11) is 0. The van der Waals surface area contributed by atoms with E-state index >= 15 is 0 Å². The number of fused-ring (bicyclic) bond motifs is 2. The molecule has 0 aliphatic carbocycles. The number of non-ortho nitro benzene ring substituents is 1. The second-order valence-electron chi connectivity index (χ2n) is 6.37. The fourth-order valence-electron chi connectivity index (χ4n) is 3.23. The van der Waals surface area contributed by atoms with Crippen molar-refractivity contribution < 1.29 is 18.1 Å². The van der Waals surface area contributed by atoms with Crippen LogP contribution < -0.4 is 10.5 Å². The van der Waals surface area contributed by atoms with E-state index in [0.29, 0.717) is 31.6 Å². The highest BCUT2D eigenvalue weighted by Crippen LogP contribution is 2.38. The predicted octanol–water partition coefficient (Wildman–Crippen LogP) is 4.15. The van der Waals surface area contributed by atoms with Crippen molar-refractivity contribution in [3.05, 3.63) is 73.6 Å². The van der Waals surface area contributed by atoms with Crippen LogP contribution in [0.3, 0.4) is 0 Å². The molecule has 28 heavy (non-hydrogen) atoms. The molecule has 0 amide bonds. The normalized spacial score (nSPS) is 14.2. The summed E-state index contributed by atoms with van der Waals surface area (Å²) >= 11 is 0.862. The zero-order valence-electron chi connectivity index (χ0n) is 14.2. The van der Waals surface area contributed by atoms with Crippen molar-refractivity contribution in [2.24, 2.45) is 0 Å². The monoisotopic (exact) mass is 407 g/mol. The molecular formula is C18H12F3N3O3S. The molecule has 4 rings (SSSR count). The molecule has 2 heterocycles. The maximum atomic E-state index is 13.1. The third-order valence-electron chi connectivity index (χ3n) is 4.62. The highest BCUT2D eigenvalue weighted by Gasteiger charge is 2.34. The number of nitrogens with zero attached hydrogens (tertiary/aromatic N) is 3. The molecule has 0 N–H and O–H groups in total. The summed E-state index contributed by atoms with van der Waals surface area (Å²) in [6.45, 7) is 1.03. The van der Waals surface area contributed by atoms with Gasteiger partial charge in [0, 0.05) is 19.2 Å². The zero-order valence-corrected chi connectivity index (χ0v) is 15.0. The van der Waals surface area contributed by atoms with Crippen LogP contribution in [0.5, 0.6) is 0 Å². The van der Waals surface area contributed by atoms with Crippen molar-refractivity contribution in [2.75, 3.05) is 11.4 Å². The molecular weight excluding hydrogens is 395 g/mol. The lowest BCUT2D eigenvalue weighted by molar-refractivity contribution is -0.383. The Bertz CT molecular complexity index is 1160. The Morgan fingerprint density at radius 3 is 2.57 bits per heavy atom. The van der Waals surface area contributed by atoms with Crippen LogP contribution >= 0.6 is 11.3 Å². The van der Waals surface area contributed by atoms with E-state index in [1.54, 1.807) is 0 Å². The van der Waals surface area contributed by atoms with E-state index in [1.165, 1.54) is 5.56 Å². The summed E-state index contributed by atoms with van der Waals surface area (Å²) in [4.78, 5) is 28.6. The molecule has 3 aromatic rings. The average Bonchev–Trinajstić information content (AvgIpc) is 2.66. The maximum absolute atomic E-state index is 13.1. The van der Waals surface area contributed by atoms with Gasteiger partial charge in [-0.2, -0.15) is 18.2 Å². The van der Waals surface area contributed by atoms with Crippen LogP contribution in [0.4, 0.5) is 24.0 Å². The van der Waals surface area contributed by atoms with Crippen LogP contribution in [0.15, 0.2) is 41.2 Å². The standard InChI is InChI=1S/C18H12F3N3O3S/c19-18(20,21)12-7-13-15(14(8-12)24(26)27)28-17(22-16(13)25)23-6-5-10-3-1-2-4-11(10)9-23/h1-4,7-8H,5-6,9H2. The second kappa shape index (κ2) is 6.55. The number of alkyl halides is 3. The third-order valence-corrected chi connectivity index (χ3v) is 5.78. The van der Waals surface area contributed by atoms with Gasteiger partial charge in [0.1, 0.15) is 4.70 Å². The largest absolute Gasteiger partial charge is 0.416 e. The van der Waals surface area contributed by atoms with E-state index in [4.69, 9.17) is 0 Å². The fraction of sp³-hybridized carbons (Fsp3) is 0.222. The molecule has 144 valence electrons. The van der Waals surface area contributed by atoms with Gasteiger partial charge in [-0.15, -0.1) is 0 Å². The minimum atomic E-state index is -4.80. The summed E-state index contributed by atoms with van der Waals surface area (Å²) in [6, 6.07) is 8.87. The van der Waals surface area contributed by atoms with Crippen LogP contribution in [-0.2, 0) is 19.1 Å². The first-order valence-corrected chi connectivity index (χ1v) is 9.08. The van der Waals surface area contributed by atoms with Gasteiger partial charge in [-0.3, -0.25) is 14.9 Å². The van der Waals surface area contributed by atoms with Crippen molar-refractivity contribution in [3.8, 4) is 0 Å². The Balaban J connectivity index is 1.86. The Kier molecular flexibility index (Phi) is 4.30. The SMILES string of the molecule is O=c1nc(N2CCc3ccccc3C2)sc2c([N+](=O)[O-])cc(C(F)(F)F)cc12. The van der Waals surface area contributed by atoms with E-state index < -0.39 is 33.3 Å². The average molecular weight is 407 g/mol. The van der Waals surface area contributed by atoms with Crippen LogP contribution in [0.1, 0.15) is 16.7 Å². The quantitative estimate of drug-likeness (QED) is 0.471. The Hall–Kier alpha value is -3.01. The smallest absolute Gasteiger partial charge is 0.343 e. The Labute approximate surface area is 160 Å². The van der Waals surface area contributed by atoms with Gasteiger partial charge >= 0.3 is 6.18 Å². The van der Waals surface area contributed by atoms with Gasteiger partial charge < -0.3 is 4.90 Å². The van der Waals surface area contributed by atoms with Gasteiger partial charge in [0.05, 0.1) is 15.9 Å². The molecule has 0 bridgehead atoms. The lowest BCUT2D eigenvalue weighted by Gasteiger charge is -2.29. The molecule has 10 heteroatoms. The molecule has 0 saturated carbocycles. The number of halogens is 3. The molecule has 2 aromatic carbocycles. The van der Waals surface area contributed by atoms with Crippen LogP contribution in [-0.4, -0.2) is 16.5 Å². The molecule has 0 spiro atoms. The number of hydrogen-bond acceptors (Lipinski definition) is 6. The minimum Gasteiger partial charge on any atom is -0.343 e. The van der Waals surface area contributed by atoms with E-state index in [1.807, 2.05) is 29.2 Å². The molecule has 1 aliphatic rings. The van der Waals surface area contributed by atoms with Gasteiger partial charge in [-0.1, -0.05) is 35.6 Å². The second-order valence-corrected chi connectivity index (χ2v) is 7.35. The summed E-state index contributed by atoms with van der Waals surface area (Å²) < 4.78 is 39.1. The van der Waals surface area contributed by atoms with Crippen molar-refractivity contribution >= 4 is 32.2 Å². The number of rotatable bonds is 2. The number of anilines is 1. The number of nitro groups is 1. The first kappa shape index (κ1) is 18.4. The van der Waals surface area contributed by atoms with Crippen molar-refractivity contribution in [3.63, 3.8) is 0 Å². The molecule has 0 unspecified atom stereocenters. The van der Waals surface area contributed by atoms with E-state index in [0.717, 1.165) is 16.9 Å². The van der Waals surface area contributed by atoms with Crippen LogP contribution in [0.25, 0.3) is 10.1 Å². The first-order valence-electron chi connectivity index (χ1n) is 8.26. The molecule has 1 aliphatic heterocycles. The van der Waals surface area contributed by atoms with Gasteiger partial charge in [-0.25, -0.2) is 0 Å². The lowest BCUT2D eigenvalue weighted by atomic mass is 10.0. The van der Waals surface area contributed by atoms with E-state index in [9.17, 15) is 28.1 Å². The topological polar surface area (TPSA) is 76.3 Å². The molecule has 6 nitrogen and oxygen atoms in total. The maximum Gasteiger partial charge on any atom is 0.416 e. The first-order chi connectivity index (χ1) is 13.2. The number of benzene rings is 2. The Morgan fingerprint density at radius 1 is 1.18 bits per heavy atom. The molecule has 0 atom stereocenters. The van der Waals surface area contributed by atoms with Gasteiger partial charge in [0.2, 0.25) is 0 Å². The summed E-state index contributed by atoms with van der Waals surface area (Å²) in [6.07, 6.45) is -4.09. The molecule has 0 fully saturated rings. The third kappa shape index (κ3) is 3.19. The van der Waals surface area contributed by atoms with Crippen molar-refractivity contribution in [1.29, 1.82) is 0 Å². The lowest BCUT2D eigenvalue weighted by Crippen LogP contribution is -2.31. The molecule has 1 aromatic heterocycles. The van der Waals surface area contributed by atoms with E-state index in [-0.39, 0.29) is 9.83 Å². The molecule has 0 radical (unpaired) electrons. The van der Waals surface area contributed by atoms with E-state index in [2.05, 4.69) is 4.98 Å². The van der Waals surface area contributed by atoms with Crippen molar-refractivity contribution in [1.82, 2.24) is 4.98 Å². The predicted molar refractivity (Wildman–Crippen MR) is 98.7 cm³/mol. The summed E-state index contributed by atoms with van der Waals surface area (Å²) in [5, 5.41) is 11.2. The number of aromatic nitrogens is 1. The minimum absolute atomic E-state index is 0.105. The van der Waals surface area contributed by atoms with Crippen LogP contribution in [0, 0.1) is 10.1 Å². The van der Waals surface area contributed by atoms with Crippen LogP contribution in [0.2, 0.25) is 0 Å². The number of nitro benzene ring substituents is 1. The van der Waals surface area contributed by atoms with Gasteiger partial charge in [0.15, 0.2) is 5.13 Å². The Morgan fingerprint density at radius 2 is 1.89 bits per heavy atom. The summed E-state index contributed by atoms with van der Waals surface area (Å²) in [5.74, 6) is 0. The highest BCUT2D eigenvalue weighted by molar-refractivity contribution is 7.22. The van der Waals surface area contributed by atoms with Gasteiger partial charge in [0.25, 0.3) is 11.2 Å². The number of hydrogen-bond donors (Lipinski definition) is 0. The highest BCUT2D eigenvalue weighted by atomic mass is 32.1. The fourth-order valence-corrected chi connectivity index (χ4v) is 4.32. The van der Waals surface area contributed by atoms with Crippen molar-refractivity contribution in [2.45, 2.75) is 19.1 Å². The van der Waals surface area contributed by atoms with Gasteiger partial charge in [-0.05, 0) is 23.6 Å². The zero-order chi connectivity index (χ0) is 20.1. The summed E-state index contributed by atoms with van der Waals surface area (Å²) in [5.41, 5.74) is -0.660. The molecule has 0 saturated heterocycles.